The van der Waals surface area contributed by atoms with Gasteiger partial charge >= 0.3 is 0 Å². The molecule has 2 heterocycles. The van der Waals surface area contributed by atoms with Crippen LogP contribution in [0.25, 0.3) is 0 Å². The molecule has 20 heavy (non-hydrogen) atoms. The van der Waals surface area contributed by atoms with Crippen LogP contribution < -0.4 is 11.1 Å². The molecule has 0 atom stereocenters. The van der Waals surface area contributed by atoms with E-state index in [1.165, 1.54) is 0 Å². The highest BCUT2D eigenvalue weighted by molar-refractivity contribution is 9.10. The zero-order valence-electron chi connectivity index (χ0n) is 11.5. The molecule has 6 nitrogen and oxygen atoms in total. The minimum atomic E-state index is -0.375. The summed E-state index contributed by atoms with van der Waals surface area (Å²) in [7, 11) is 0. The van der Waals surface area contributed by atoms with Crippen LogP contribution in [0.3, 0.4) is 0 Å². The normalized spacial score (nSPS) is 10.8. The molecule has 2 aromatic rings. The summed E-state index contributed by atoms with van der Waals surface area (Å²) in [6.45, 7) is 5.80. The van der Waals surface area contributed by atoms with Gasteiger partial charge in [-0.15, -0.1) is 0 Å². The first kappa shape index (κ1) is 14.5. The quantitative estimate of drug-likeness (QED) is 0.802. The number of rotatable bonds is 3. The smallest absolute Gasteiger partial charge is 0.279 e. The maximum absolute atomic E-state index is 12.1. The molecule has 1 amide bonds. The number of anilines is 2. The molecule has 0 aliphatic heterocycles. The fourth-order valence-electron chi connectivity index (χ4n) is 1.77. The lowest BCUT2D eigenvalue weighted by atomic mass is 10.1. The fourth-order valence-corrected chi connectivity index (χ4v) is 1.99. The summed E-state index contributed by atoms with van der Waals surface area (Å²) >= 11 is 3.36. The predicted molar refractivity (Wildman–Crippen MR) is 81.7 cm³/mol. The zero-order chi connectivity index (χ0) is 14.9. The number of carbonyl (C=O) groups is 1. The van der Waals surface area contributed by atoms with Crippen molar-refractivity contribution >= 4 is 33.3 Å². The summed E-state index contributed by atoms with van der Waals surface area (Å²) in [6.07, 6.45) is 0. The Kier molecular flexibility index (Phi) is 4.08. The molecule has 0 aliphatic rings. The number of amides is 1. The maximum atomic E-state index is 12.1. The lowest BCUT2D eigenvalue weighted by Crippen LogP contribution is -2.15. The van der Waals surface area contributed by atoms with Crippen LogP contribution in [-0.4, -0.2) is 21.1 Å². The summed E-state index contributed by atoms with van der Waals surface area (Å²) in [5.41, 5.74) is 8.05. The van der Waals surface area contributed by atoms with Gasteiger partial charge in [-0.3, -0.25) is 9.89 Å². The Morgan fingerprint density at radius 1 is 1.45 bits per heavy atom. The number of nitrogens with one attached hydrogen (secondary N) is 2. The zero-order valence-corrected chi connectivity index (χ0v) is 13.1. The first-order valence-electron chi connectivity index (χ1n) is 6.18. The molecule has 2 aromatic heterocycles. The van der Waals surface area contributed by atoms with Gasteiger partial charge in [0, 0.05) is 4.47 Å². The van der Waals surface area contributed by atoms with Gasteiger partial charge in [0.1, 0.15) is 5.82 Å². The van der Waals surface area contributed by atoms with E-state index in [-0.39, 0.29) is 17.5 Å². The van der Waals surface area contributed by atoms with E-state index in [2.05, 4.69) is 36.4 Å². The Labute approximate surface area is 125 Å². The first-order chi connectivity index (χ1) is 9.40. The van der Waals surface area contributed by atoms with Crippen molar-refractivity contribution in [1.29, 1.82) is 0 Å². The fraction of sp³-hybridized carbons (Fsp3) is 0.308. The van der Waals surface area contributed by atoms with E-state index in [4.69, 9.17) is 5.73 Å². The third-order valence-corrected chi connectivity index (χ3v) is 3.73. The molecule has 106 valence electrons. The number of aryl methyl sites for hydroxylation is 1. The molecule has 0 radical (unpaired) electrons. The van der Waals surface area contributed by atoms with Crippen molar-refractivity contribution < 1.29 is 4.79 Å². The van der Waals surface area contributed by atoms with Crippen molar-refractivity contribution in [2.45, 2.75) is 26.7 Å². The first-order valence-corrected chi connectivity index (χ1v) is 6.97. The van der Waals surface area contributed by atoms with Crippen molar-refractivity contribution in [3.8, 4) is 0 Å². The van der Waals surface area contributed by atoms with Crippen LogP contribution in [0.4, 0.5) is 11.5 Å². The number of nitrogens with two attached hydrogens (primary N) is 1. The van der Waals surface area contributed by atoms with Gasteiger partial charge in [0.05, 0.1) is 17.1 Å². The van der Waals surface area contributed by atoms with Gasteiger partial charge in [0.25, 0.3) is 5.91 Å². The minimum absolute atomic E-state index is 0.178. The van der Waals surface area contributed by atoms with Gasteiger partial charge in [-0.05, 0) is 40.9 Å². The molecule has 0 fully saturated rings. The second-order valence-corrected chi connectivity index (χ2v) is 5.63. The highest BCUT2D eigenvalue weighted by Gasteiger charge is 2.19. The third kappa shape index (κ3) is 2.82. The van der Waals surface area contributed by atoms with E-state index in [0.29, 0.717) is 11.5 Å². The average Bonchev–Trinajstić information content (AvgIpc) is 2.76. The SMILES string of the molecule is Cc1nc(NC(=O)c2n[nH]c(C(C)C)c2N)ccc1Br. The Morgan fingerprint density at radius 3 is 2.70 bits per heavy atom. The van der Waals surface area contributed by atoms with Crippen LogP contribution in [0.1, 0.15) is 41.6 Å². The number of halogens is 1. The number of hydrogen-bond donors (Lipinski definition) is 3. The van der Waals surface area contributed by atoms with Gasteiger partial charge < -0.3 is 11.1 Å². The number of pyridine rings is 1. The molecule has 7 heteroatoms. The largest absolute Gasteiger partial charge is 0.395 e. The monoisotopic (exact) mass is 337 g/mol. The maximum Gasteiger partial charge on any atom is 0.279 e. The van der Waals surface area contributed by atoms with Gasteiger partial charge in [-0.25, -0.2) is 4.98 Å². The number of aromatic amines is 1. The summed E-state index contributed by atoms with van der Waals surface area (Å²) in [5, 5.41) is 9.46. The summed E-state index contributed by atoms with van der Waals surface area (Å²) in [6, 6.07) is 3.53. The molecule has 0 saturated heterocycles. The molecule has 0 bridgehead atoms. The van der Waals surface area contributed by atoms with Gasteiger partial charge in [-0.2, -0.15) is 5.10 Å². The Morgan fingerprint density at radius 2 is 2.15 bits per heavy atom. The molecule has 0 saturated carbocycles. The second kappa shape index (κ2) is 5.62. The topological polar surface area (TPSA) is 96.7 Å². The van der Waals surface area contributed by atoms with Crippen molar-refractivity contribution in [2.75, 3.05) is 11.1 Å². The Hall–Kier alpha value is -1.89. The Balaban J connectivity index is 2.22. The third-order valence-electron chi connectivity index (χ3n) is 2.89. The molecular weight excluding hydrogens is 322 g/mol. The summed E-state index contributed by atoms with van der Waals surface area (Å²) in [5.74, 6) is 0.265. The standard InChI is InChI=1S/C13H16BrN5O/c1-6(2)11-10(15)12(19-18-11)13(20)17-9-5-4-8(14)7(3)16-9/h4-6H,15H2,1-3H3,(H,18,19)(H,16,17,20). The number of carbonyl (C=O) groups excluding carboxylic acids is 1. The summed E-state index contributed by atoms with van der Waals surface area (Å²) < 4.78 is 0.886. The van der Waals surface area contributed by atoms with Gasteiger partial charge in [0.15, 0.2) is 5.69 Å². The molecular formula is C13H16BrN5O. The molecule has 0 aliphatic carbocycles. The van der Waals surface area contributed by atoms with Crippen LogP contribution in [0, 0.1) is 6.92 Å². The second-order valence-electron chi connectivity index (χ2n) is 4.77. The van der Waals surface area contributed by atoms with E-state index >= 15 is 0 Å². The van der Waals surface area contributed by atoms with Crippen molar-refractivity contribution in [1.82, 2.24) is 15.2 Å². The lowest BCUT2D eigenvalue weighted by molar-refractivity contribution is 0.102. The van der Waals surface area contributed by atoms with Crippen LogP contribution in [-0.2, 0) is 0 Å². The van der Waals surface area contributed by atoms with Gasteiger partial charge in [-0.1, -0.05) is 13.8 Å². The number of H-pyrrole nitrogens is 1. The molecule has 2 rings (SSSR count). The number of aromatic nitrogens is 3. The average molecular weight is 338 g/mol. The molecule has 0 spiro atoms. The molecule has 4 N–H and O–H groups in total. The number of nitrogens with zero attached hydrogens (tertiary/aromatic N) is 2. The van der Waals surface area contributed by atoms with Crippen molar-refractivity contribution in [2.24, 2.45) is 0 Å². The summed E-state index contributed by atoms with van der Waals surface area (Å²) in [4.78, 5) is 16.4. The number of nitrogen functional groups attached to an aromatic ring is 1. The lowest BCUT2D eigenvalue weighted by Gasteiger charge is -2.06. The van der Waals surface area contributed by atoms with E-state index in [0.717, 1.165) is 15.9 Å². The number of hydrogen-bond acceptors (Lipinski definition) is 4. The predicted octanol–water partition coefficient (Wildman–Crippen LogP) is 2.83. The van der Waals surface area contributed by atoms with Crippen LogP contribution in [0.2, 0.25) is 0 Å². The van der Waals surface area contributed by atoms with Crippen LogP contribution >= 0.6 is 15.9 Å². The van der Waals surface area contributed by atoms with Crippen LogP contribution in [0.5, 0.6) is 0 Å². The van der Waals surface area contributed by atoms with Gasteiger partial charge in [0.2, 0.25) is 0 Å². The van der Waals surface area contributed by atoms with E-state index in [1.807, 2.05) is 26.8 Å². The minimum Gasteiger partial charge on any atom is -0.395 e. The molecule has 0 aromatic carbocycles. The van der Waals surface area contributed by atoms with E-state index in [1.54, 1.807) is 6.07 Å². The van der Waals surface area contributed by atoms with Crippen molar-refractivity contribution in [3.63, 3.8) is 0 Å². The van der Waals surface area contributed by atoms with E-state index in [9.17, 15) is 4.79 Å². The Bertz CT molecular complexity index is 650. The van der Waals surface area contributed by atoms with E-state index < -0.39 is 0 Å². The molecule has 0 unspecified atom stereocenters. The van der Waals surface area contributed by atoms with Crippen molar-refractivity contribution in [3.05, 3.63) is 33.7 Å². The highest BCUT2D eigenvalue weighted by atomic mass is 79.9. The van der Waals surface area contributed by atoms with Crippen LogP contribution in [0.15, 0.2) is 16.6 Å². The highest BCUT2D eigenvalue weighted by Crippen LogP contribution is 2.23.